The van der Waals surface area contributed by atoms with E-state index in [-0.39, 0.29) is 22.5 Å². The Morgan fingerprint density at radius 2 is 1.88 bits per heavy atom. The van der Waals surface area contributed by atoms with E-state index in [1.54, 1.807) is 14.2 Å². The molecule has 0 radical (unpaired) electrons. The maximum atomic E-state index is 13.0. The molecular formula is C21H26O3. The molecule has 3 heteroatoms. The zero-order valence-corrected chi connectivity index (χ0v) is 15.0. The minimum Gasteiger partial charge on any atom is -0.493 e. The molecule has 0 aromatic heterocycles. The van der Waals surface area contributed by atoms with Gasteiger partial charge in [-0.05, 0) is 59.9 Å². The third-order valence-electron chi connectivity index (χ3n) is 7.18. The Morgan fingerprint density at radius 1 is 1.17 bits per heavy atom. The average Bonchev–Trinajstić information content (AvgIpc) is 2.70. The van der Waals surface area contributed by atoms with Crippen LogP contribution in [0, 0.1) is 11.3 Å². The molecule has 1 aromatic carbocycles. The number of rotatable bonds is 2. The van der Waals surface area contributed by atoms with Gasteiger partial charge < -0.3 is 9.47 Å². The molecule has 0 N–H and O–H groups in total. The second-order valence-corrected chi connectivity index (χ2v) is 7.92. The van der Waals surface area contributed by atoms with Crippen molar-refractivity contribution in [3.05, 3.63) is 35.4 Å². The van der Waals surface area contributed by atoms with Gasteiger partial charge in [-0.15, -0.1) is 0 Å². The Hall–Kier alpha value is -1.77. The molecule has 0 heterocycles. The minimum atomic E-state index is -0.0613. The molecular weight excluding hydrogens is 300 g/mol. The summed E-state index contributed by atoms with van der Waals surface area (Å²) in [4.78, 5) is 13.0. The molecule has 1 aromatic rings. The van der Waals surface area contributed by atoms with Crippen LogP contribution in [0.5, 0.6) is 11.5 Å². The van der Waals surface area contributed by atoms with Crippen molar-refractivity contribution in [2.75, 3.05) is 14.2 Å². The van der Waals surface area contributed by atoms with Crippen LogP contribution in [0.3, 0.4) is 0 Å². The lowest BCUT2D eigenvalue weighted by atomic mass is 9.50. The third kappa shape index (κ3) is 1.66. The maximum absolute atomic E-state index is 13.0. The Morgan fingerprint density at radius 3 is 2.58 bits per heavy atom. The summed E-state index contributed by atoms with van der Waals surface area (Å²) < 4.78 is 11.1. The molecule has 2 bridgehead atoms. The highest BCUT2D eigenvalue weighted by molar-refractivity contribution is 5.98. The second kappa shape index (κ2) is 5.11. The van der Waals surface area contributed by atoms with Crippen molar-refractivity contribution >= 4 is 5.78 Å². The van der Waals surface area contributed by atoms with Crippen LogP contribution in [0.2, 0.25) is 0 Å². The number of methoxy groups -OCH3 is 2. The molecule has 4 atom stereocenters. The maximum Gasteiger partial charge on any atom is 0.163 e. The zero-order valence-electron chi connectivity index (χ0n) is 15.0. The second-order valence-electron chi connectivity index (χ2n) is 7.92. The summed E-state index contributed by atoms with van der Waals surface area (Å²) in [6.45, 7) is 4.71. The Bertz CT molecular complexity index is 735. The van der Waals surface area contributed by atoms with Crippen molar-refractivity contribution in [3.63, 3.8) is 0 Å². The number of ketones is 1. The fourth-order valence-electron chi connectivity index (χ4n) is 6.11. The van der Waals surface area contributed by atoms with Crippen LogP contribution in [-0.4, -0.2) is 20.0 Å². The smallest absolute Gasteiger partial charge is 0.163 e. The lowest BCUT2D eigenvalue weighted by Gasteiger charge is -2.53. The molecule has 1 fully saturated rings. The Balaban J connectivity index is 2.06. The van der Waals surface area contributed by atoms with Crippen molar-refractivity contribution in [1.82, 2.24) is 0 Å². The topological polar surface area (TPSA) is 35.5 Å². The molecule has 4 rings (SSSR count). The monoisotopic (exact) mass is 326 g/mol. The van der Waals surface area contributed by atoms with Gasteiger partial charge in [0.25, 0.3) is 0 Å². The molecule has 0 aliphatic heterocycles. The predicted octanol–water partition coefficient (Wildman–Crippen LogP) is 4.39. The van der Waals surface area contributed by atoms with Gasteiger partial charge >= 0.3 is 0 Å². The van der Waals surface area contributed by atoms with Gasteiger partial charge in [-0.1, -0.05) is 26.3 Å². The van der Waals surface area contributed by atoms with Crippen LogP contribution in [0.4, 0.5) is 0 Å². The van der Waals surface area contributed by atoms with Gasteiger partial charge in [0.05, 0.1) is 20.1 Å². The van der Waals surface area contributed by atoms with E-state index in [0.29, 0.717) is 5.92 Å². The fraction of sp³-hybridized carbons (Fsp3) is 0.571. The van der Waals surface area contributed by atoms with Gasteiger partial charge in [0, 0.05) is 5.41 Å². The third-order valence-corrected chi connectivity index (χ3v) is 7.18. The first kappa shape index (κ1) is 15.7. The van der Waals surface area contributed by atoms with Crippen molar-refractivity contribution in [1.29, 1.82) is 0 Å². The van der Waals surface area contributed by atoms with Crippen LogP contribution in [0.25, 0.3) is 0 Å². The molecule has 0 saturated heterocycles. The van der Waals surface area contributed by atoms with Crippen LogP contribution in [-0.2, 0) is 10.2 Å². The number of carbonyl (C=O) groups excluding carboxylic acids is 1. The van der Waals surface area contributed by atoms with E-state index < -0.39 is 0 Å². The van der Waals surface area contributed by atoms with Gasteiger partial charge in [0.1, 0.15) is 0 Å². The quantitative estimate of drug-likeness (QED) is 0.808. The summed E-state index contributed by atoms with van der Waals surface area (Å²) in [5.41, 5.74) is 2.48. The number of hydrogen-bond donors (Lipinski definition) is 0. The number of fused-ring (bicyclic) bond motifs is 2. The number of benzene rings is 1. The van der Waals surface area contributed by atoms with E-state index in [0.717, 1.165) is 24.3 Å². The van der Waals surface area contributed by atoms with Crippen LogP contribution < -0.4 is 9.47 Å². The normalized spacial score (nSPS) is 36.8. The van der Waals surface area contributed by atoms with Gasteiger partial charge in [-0.3, -0.25) is 4.79 Å². The SMILES string of the molecule is COc1cc2c(cc1OC)C13CC=CC(=O)C2C1(C)CCCC3C. The Labute approximate surface area is 144 Å². The van der Waals surface area contributed by atoms with E-state index in [1.807, 2.05) is 6.08 Å². The van der Waals surface area contributed by atoms with Crippen molar-refractivity contribution < 1.29 is 14.3 Å². The Kier molecular flexibility index (Phi) is 3.35. The summed E-state index contributed by atoms with van der Waals surface area (Å²) in [7, 11) is 3.35. The highest BCUT2D eigenvalue weighted by atomic mass is 16.5. The molecule has 0 amide bonds. The highest BCUT2D eigenvalue weighted by Crippen LogP contribution is 2.70. The summed E-state index contributed by atoms with van der Waals surface area (Å²) in [5, 5.41) is 0. The lowest BCUT2D eigenvalue weighted by Crippen LogP contribution is -2.49. The van der Waals surface area contributed by atoms with Crippen LogP contribution >= 0.6 is 0 Å². The van der Waals surface area contributed by atoms with E-state index >= 15 is 0 Å². The average molecular weight is 326 g/mol. The molecule has 3 nitrogen and oxygen atoms in total. The highest BCUT2D eigenvalue weighted by Gasteiger charge is 2.65. The van der Waals surface area contributed by atoms with Gasteiger partial charge in [0.15, 0.2) is 17.3 Å². The molecule has 24 heavy (non-hydrogen) atoms. The summed E-state index contributed by atoms with van der Waals surface area (Å²) in [6, 6.07) is 4.22. The summed E-state index contributed by atoms with van der Waals surface area (Å²) >= 11 is 0. The number of hydrogen-bond acceptors (Lipinski definition) is 3. The fourth-order valence-corrected chi connectivity index (χ4v) is 6.11. The van der Waals surface area contributed by atoms with Gasteiger partial charge in [-0.2, -0.15) is 0 Å². The molecule has 4 unspecified atom stereocenters. The van der Waals surface area contributed by atoms with Crippen molar-refractivity contribution in [2.45, 2.75) is 50.9 Å². The summed E-state index contributed by atoms with van der Waals surface area (Å²) in [5.74, 6) is 2.24. The first-order valence-corrected chi connectivity index (χ1v) is 8.96. The molecule has 3 aliphatic carbocycles. The first-order chi connectivity index (χ1) is 11.5. The molecule has 1 saturated carbocycles. The van der Waals surface area contributed by atoms with E-state index in [4.69, 9.17) is 9.47 Å². The largest absolute Gasteiger partial charge is 0.493 e. The molecule has 3 aliphatic rings. The number of carbonyl (C=O) groups is 1. The van der Waals surface area contributed by atoms with Crippen LogP contribution in [0.1, 0.15) is 56.6 Å². The van der Waals surface area contributed by atoms with Crippen LogP contribution in [0.15, 0.2) is 24.3 Å². The van der Waals surface area contributed by atoms with E-state index in [2.05, 4.69) is 32.1 Å². The molecule has 0 spiro atoms. The van der Waals surface area contributed by atoms with Crippen molar-refractivity contribution in [2.24, 2.45) is 11.3 Å². The van der Waals surface area contributed by atoms with E-state index in [9.17, 15) is 4.79 Å². The predicted molar refractivity (Wildman–Crippen MR) is 93.9 cm³/mol. The lowest BCUT2D eigenvalue weighted by molar-refractivity contribution is -0.120. The zero-order chi connectivity index (χ0) is 17.1. The molecule has 128 valence electrons. The van der Waals surface area contributed by atoms with Gasteiger partial charge in [-0.25, -0.2) is 0 Å². The van der Waals surface area contributed by atoms with Crippen molar-refractivity contribution in [3.8, 4) is 11.5 Å². The number of allylic oxidation sites excluding steroid dienone is 2. The first-order valence-electron chi connectivity index (χ1n) is 8.96. The standard InChI is InChI=1S/C21H26O3/c1-13-7-5-9-20(2)19-14-11-17(23-3)18(24-4)12-15(14)21(13,20)10-6-8-16(19)22/h6,8,11-13,19H,5,7,9-10H2,1-4H3. The number of ether oxygens (including phenoxy) is 2. The van der Waals surface area contributed by atoms with Gasteiger partial charge in [0.2, 0.25) is 0 Å². The summed E-state index contributed by atoms with van der Waals surface area (Å²) in [6.07, 6.45) is 8.40. The minimum absolute atomic E-state index is 0.0213. The van der Waals surface area contributed by atoms with E-state index in [1.165, 1.54) is 24.0 Å².